The summed E-state index contributed by atoms with van der Waals surface area (Å²) in [6.07, 6.45) is 0. The van der Waals surface area contributed by atoms with Crippen molar-refractivity contribution in [1.82, 2.24) is 0 Å². The Morgan fingerprint density at radius 1 is 1.18 bits per heavy atom. The van der Waals surface area contributed by atoms with Gasteiger partial charge in [-0.15, -0.1) is 0 Å². The van der Waals surface area contributed by atoms with E-state index in [1.807, 2.05) is 24.3 Å². The highest BCUT2D eigenvalue weighted by atomic mass is 127. The predicted octanol–water partition coefficient (Wildman–Crippen LogP) is 3.71. The third-order valence-corrected chi connectivity index (χ3v) is 3.07. The fraction of sp³-hybridized carbons (Fsp3) is 0.0769. The second-order valence-corrected chi connectivity index (χ2v) is 4.65. The number of ether oxygens (including phenoxy) is 1. The molecule has 0 heterocycles. The maximum Gasteiger partial charge on any atom is 0.140 e. The highest BCUT2D eigenvalue weighted by molar-refractivity contribution is 14.1. The molecule has 0 spiro atoms. The molecule has 17 heavy (non-hydrogen) atoms. The number of aliphatic hydroxyl groups excluding tert-OH is 1. The molecule has 0 aliphatic carbocycles. The summed E-state index contributed by atoms with van der Waals surface area (Å²) >= 11 is 2.15. The van der Waals surface area contributed by atoms with E-state index in [2.05, 4.69) is 22.6 Å². The van der Waals surface area contributed by atoms with E-state index in [1.165, 1.54) is 12.1 Å². The smallest absolute Gasteiger partial charge is 0.140 e. The lowest BCUT2D eigenvalue weighted by molar-refractivity contribution is 0.280. The summed E-state index contributed by atoms with van der Waals surface area (Å²) in [5, 5.41) is 8.98. The Hall–Kier alpha value is -1.14. The Balaban J connectivity index is 2.30. The minimum absolute atomic E-state index is 0.208. The van der Waals surface area contributed by atoms with E-state index >= 15 is 0 Å². The zero-order chi connectivity index (χ0) is 12.3. The molecule has 2 rings (SSSR count). The molecular formula is C13H10FIO2. The van der Waals surface area contributed by atoms with Crippen LogP contribution in [0.15, 0.2) is 42.5 Å². The Labute approximate surface area is 112 Å². The maximum absolute atomic E-state index is 13.2. The molecule has 0 saturated carbocycles. The van der Waals surface area contributed by atoms with E-state index in [4.69, 9.17) is 9.84 Å². The maximum atomic E-state index is 13.2. The highest BCUT2D eigenvalue weighted by Gasteiger charge is 2.04. The van der Waals surface area contributed by atoms with Gasteiger partial charge in [-0.3, -0.25) is 0 Å². The van der Waals surface area contributed by atoms with Gasteiger partial charge in [0.25, 0.3) is 0 Å². The average Bonchev–Trinajstić information content (AvgIpc) is 2.31. The van der Waals surface area contributed by atoms with Gasteiger partial charge in [-0.2, -0.15) is 0 Å². The van der Waals surface area contributed by atoms with Crippen molar-refractivity contribution < 1.29 is 14.2 Å². The minimum Gasteiger partial charge on any atom is -0.456 e. The van der Waals surface area contributed by atoms with E-state index in [1.54, 1.807) is 6.07 Å². The van der Waals surface area contributed by atoms with E-state index in [9.17, 15) is 4.39 Å². The average molecular weight is 344 g/mol. The first-order valence-electron chi connectivity index (χ1n) is 5.02. The first-order valence-corrected chi connectivity index (χ1v) is 6.09. The summed E-state index contributed by atoms with van der Waals surface area (Å²) in [5.41, 5.74) is 0.492. The first kappa shape index (κ1) is 12.3. The van der Waals surface area contributed by atoms with Crippen molar-refractivity contribution in [2.75, 3.05) is 0 Å². The van der Waals surface area contributed by atoms with Gasteiger partial charge in [-0.25, -0.2) is 4.39 Å². The van der Waals surface area contributed by atoms with Crippen LogP contribution in [-0.4, -0.2) is 5.11 Å². The predicted molar refractivity (Wildman–Crippen MR) is 71.6 cm³/mol. The molecule has 2 nitrogen and oxygen atoms in total. The SMILES string of the molecule is OCc1cc(F)cc(Oc2ccccc2I)c1. The van der Waals surface area contributed by atoms with Crippen molar-refractivity contribution >= 4 is 22.6 Å². The number of halogens is 2. The number of rotatable bonds is 3. The fourth-order valence-electron chi connectivity index (χ4n) is 1.43. The molecule has 2 aromatic rings. The minimum atomic E-state index is -0.419. The number of hydrogen-bond acceptors (Lipinski definition) is 2. The van der Waals surface area contributed by atoms with Crippen LogP contribution in [0.25, 0.3) is 0 Å². The summed E-state index contributed by atoms with van der Waals surface area (Å²) in [4.78, 5) is 0. The van der Waals surface area contributed by atoms with Crippen molar-refractivity contribution in [3.63, 3.8) is 0 Å². The largest absolute Gasteiger partial charge is 0.456 e. The van der Waals surface area contributed by atoms with Crippen LogP contribution in [0.3, 0.4) is 0 Å². The normalized spacial score (nSPS) is 10.3. The van der Waals surface area contributed by atoms with Gasteiger partial charge >= 0.3 is 0 Å². The van der Waals surface area contributed by atoms with Crippen molar-refractivity contribution in [2.45, 2.75) is 6.61 Å². The molecule has 0 amide bonds. The van der Waals surface area contributed by atoms with Gasteiger partial charge in [0, 0.05) is 6.07 Å². The van der Waals surface area contributed by atoms with Gasteiger partial charge in [0.05, 0.1) is 10.2 Å². The van der Waals surface area contributed by atoms with E-state index in [0.29, 0.717) is 17.1 Å². The number of benzene rings is 2. The molecule has 0 aliphatic heterocycles. The van der Waals surface area contributed by atoms with Crippen LogP contribution in [0.5, 0.6) is 11.5 Å². The molecule has 0 radical (unpaired) electrons. The van der Waals surface area contributed by atoms with E-state index in [-0.39, 0.29) is 6.61 Å². The van der Waals surface area contributed by atoms with E-state index < -0.39 is 5.82 Å². The van der Waals surface area contributed by atoms with Crippen LogP contribution < -0.4 is 4.74 Å². The zero-order valence-corrected chi connectivity index (χ0v) is 11.0. The fourth-order valence-corrected chi connectivity index (χ4v) is 1.92. The number of hydrogen-bond donors (Lipinski definition) is 1. The summed E-state index contributed by atoms with van der Waals surface area (Å²) in [7, 11) is 0. The molecule has 4 heteroatoms. The van der Waals surface area contributed by atoms with Crippen LogP contribution >= 0.6 is 22.6 Å². The molecule has 2 aromatic carbocycles. The van der Waals surface area contributed by atoms with Crippen molar-refractivity contribution in [3.05, 3.63) is 57.4 Å². The molecule has 0 saturated heterocycles. The standard InChI is InChI=1S/C13H10FIO2/c14-10-5-9(8-16)6-11(7-10)17-13-4-2-1-3-12(13)15/h1-7,16H,8H2. The van der Waals surface area contributed by atoms with Crippen LogP contribution in [0.4, 0.5) is 4.39 Å². The lowest BCUT2D eigenvalue weighted by atomic mass is 10.2. The summed E-state index contributed by atoms with van der Waals surface area (Å²) < 4.78 is 19.7. The first-order chi connectivity index (χ1) is 8.19. The Bertz CT molecular complexity index is 529. The van der Waals surface area contributed by atoms with Crippen molar-refractivity contribution in [1.29, 1.82) is 0 Å². The van der Waals surface area contributed by atoms with Gasteiger partial charge in [0.2, 0.25) is 0 Å². The van der Waals surface area contributed by atoms with Gasteiger partial charge in [0.1, 0.15) is 17.3 Å². The topological polar surface area (TPSA) is 29.5 Å². The summed E-state index contributed by atoms with van der Waals surface area (Å²) in [6, 6.07) is 11.7. The van der Waals surface area contributed by atoms with Gasteiger partial charge < -0.3 is 9.84 Å². The van der Waals surface area contributed by atoms with Gasteiger partial charge in [-0.1, -0.05) is 12.1 Å². The molecule has 0 fully saturated rings. The highest BCUT2D eigenvalue weighted by Crippen LogP contribution is 2.27. The Kier molecular flexibility index (Phi) is 3.96. The molecule has 0 aromatic heterocycles. The van der Waals surface area contributed by atoms with Crippen LogP contribution in [0.1, 0.15) is 5.56 Å². The van der Waals surface area contributed by atoms with E-state index in [0.717, 1.165) is 3.57 Å². The number of para-hydroxylation sites is 1. The Morgan fingerprint density at radius 3 is 2.65 bits per heavy atom. The quantitative estimate of drug-likeness (QED) is 0.861. The van der Waals surface area contributed by atoms with Crippen LogP contribution in [-0.2, 0) is 6.61 Å². The molecule has 0 bridgehead atoms. The van der Waals surface area contributed by atoms with Crippen LogP contribution in [0.2, 0.25) is 0 Å². The van der Waals surface area contributed by atoms with Gasteiger partial charge in [0.15, 0.2) is 0 Å². The molecule has 0 unspecified atom stereocenters. The van der Waals surface area contributed by atoms with Crippen molar-refractivity contribution in [2.24, 2.45) is 0 Å². The van der Waals surface area contributed by atoms with Crippen LogP contribution in [0, 0.1) is 9.39 Å². The molecule has 88 valence electrons. The summed E-state index contributed by atoms with van der Waals surface area (Å²) in [5.74, 6) is 0.637. The second kappa shape index (κ2) is 5.46. The third-order valence-electron chi connectivity index (χ3n) is 2.18. The second-order valence-electron chi connectivity index (χ2n) is 3.49. The molecule has 1 N–H and O–H groups in total. The zero-order valence-electron chi connectivity index (χ0n) is 8.86. The Morgan fingerprint density at radius 2 is 1.94 bits per heavy atom. The third kappa shape index (κ3) is 3.17. The number of aliphatic hydroxyl groups is 1. The van der Waals surface area contributed by atoms with Crippen molar-refractivity contribution in [3.8, 4) is 11.5 Å². The monoisotopic (exact) mass is 344 g/mol. The van der Waals surface area contributed by atoms with Gasteiger partial charge in [-0.05, 0) is 52.4 Å². The summed E-state index contributed by atoms with van der Waals surface area (Å²) in [6.45, 7) is -0.208. The molecular weight excluding hydrogens is 334 g/mol. The molecule has 0 aliphatic rings. The lowest BCUT2D eigenvalue weighted by Gasteiger charge is -2.08. The molecule has 0 atom stereocenters. The lowest BCUT2D eigenvalue weighted by Crippen LogP contribution is -1.91.